The first-order valence-corrected chi connectivity index (χ1v) is 6.14. The van der Waals surface area contributed by atoms with E-state index in [1.807, 2.05) is 24.2 Å². The van der Waals surface area contributed by atoms with E-state index in [4.69, 9.17) is 5.73 Å². The van der Waals surface area contributed by atoms with Gasteiger partial charge in [-0.1, -0.05) is 0 Å². The largest absolute Gasteiger partial charge is 0.330 e. The van der Waals surface area contributed by atoms with Crippen LogP contribution in [0.2, 0.25) is 0 Å². The highest BCUT2D eigenvalue weighted by molar-refractivity contribution is 7.99. The van der Waals surface area contributed by atoms with Crippen LogP contribution in [-0.4, -0.2) is 28.0 Å². The maximum atomic E-state index is 5.44. The smallest absolute Gasteiger partial charge is 0.129 e. The predicted octanol–water partition coefficient (Wildman–Crippen LogP) is 1.62. The maximum Gasteiger partial charge on any atom is 0.129 e. The minimum atomic E-state index is 0. The third kappa shape index (κ3) is 3.33. The van der Waals surface area contributed by atoms with Crippen molar-refractivity contribution in [1.82, 2.24) is 9.97 Å². The number of nitrogens with two attached hydrogens (primary N) is 1. The van der Waals surface area contributed by atoms with Gasteiger partial charge in [0, 0.05) is 24.6 Å². The average Bonchev–Trinajstić information content (AvgIpc) is 2.72. The lowest BCUT2D eigenvalue weighted by Gasteiger charge is -2.07. The van der Waals surface area contributed by atoms with Crippen LogP contribution in [0.15, 0.2) is 12.4 Å². The van der Waals surface area contributed by atoms with Crippen LogP contribution in [0.1, 0.15) is 23.7 Å². The Morgan fingerprint density at radius 1 is 1.40 bits per heavy atom. The molecule has 0 amide bonds. The predicted molar refractivity (Wildman–Crippen MR) is 66.7 cm³/mol. The lowest BCUT2D eigenvalue weighted by atomic mass is 10.0. The first-order chi connectivity index (χ1) is 6.90. The van der Waals surface area contributed by atoms with Gasteiger partial charge in [0.15, 0.2) is 0 Å². The standard InChI is InChI=1S/C10H15N3S.ClH/c11-3-1-10-12-5-9(6-13-10)8-2-4-14-7-8;/h5-6,8H,1-4,7,11H2;1H. The molecule has 0 saturated carbocycles. The van der Waals surface area contributed by atoms with Crippen molar-refractivity contribution in [3.63, 3.8) is 0 Å². The van der Waals surface area contributed by atoms with E-state index in [9.17, 15) is 0 Å². The highest BCUT2D eigenvalue weighted by atomic mass is 35.5. The second kappa shape index (κ2) is 6.30. The molecule has 1 aliphatic rings. The molecule has 15 heavy (non-hydrogen) atoms. The summed E-state index contributed by atoms with van der Waals surface area (Å²) in [4.78, 5) is 8.63. The van der Waals surface area contributed by atoms with Gasteiger partial charge < -0.3 is 5.73 Å². The summed E-state index contributed by atoms with van der Waals surface area (Å²) in [6.45, 7) is 0.624. The molecular weight excluding hydrogens is 230 g/mol. The zero-order chi connectivity index (χ0) is 9.80. The van der Waals surface area contributed by atoms with Gasteiger partial charge in [-0.25, -0.2) is 9.97 Å². The molecular formula is C10H16ClN3S. The Labute approximate surface area is 101 Å². The SMILES string of the molecule is Cl.NCCc1ncc(C2CCSC2)cn1. The van der Waals surface area contributed by atoms with Crippen molar-refractivity contribution in [3.8, 4) is 0 Å². The molecule has 0 bridgehead atoms. The van der Waals surface area contributed by atoms with E-state index in [0.717, 1.165) is 12.2 Å². The topological polar surface area (TPSA) is 51.8 Å². The van der Waals surface area contributed by atoms with Gasteiger partial charge in [-0.15, -0.1) is 12.4 Å². The Balaban J connectivity index is 0.00000112. The molecule has 0 aliphatic carbocycles. The Kier molecular flexibility index (Phi) is 5.36. The van der Waals surface area contributed by atoms with E-state index in [0.29, 0.717) is 12.5 Å². The normalized spacial score (nSPS) is 19.9. The van der Waals surface area contributed by atoms with Gasteiger partial charge in [-0.2, -0.15) is 11.8 Å². The highest BCUT2D eigenvalue weighted by Crippen LogP contribution is 2.31. The van der Waals surface area contributed by atoms with E-state index in [1.165, 1.54) is 23.5 Å². The molecule has 1 aromatic rings. The minimum Gasteiger partial charge on any atom is -0.330 e. The maximum absolute atomic E-state index is 5.44. The van der Waals surface area contributed by atoms with Crippen molar-refractivity contribution < 1.29 is 0 Å². The number of halogens is 1. The van der Waals surface area contributed by atoms with Crippen LogP contribution in [-0.2, 0) is 6.42 Å². The van der Waals surface area contributed by atoms with Gasteiger partial charge >= 0.3 is 0 Å². The van der Waals surface area contributed by atoms with Gasteiger partial charge in [0.25, 0.3) is 0 Å². The summed E-state index contributed by atoms with van der Waals surface area (Å²) in [6.07, 6.45) is 5.98. The summed E-state index contributed by atoms with van der Waals surface area (Å²) in [5, 5.41) is 0. The van der Waals surface area contributed by atoms with Gasteiger partial charge in [-0.3, -0.25) is 0 Å². The second-order valence-corrected chi connectivity index (χ2v) is 4.68. The second-order valence-electron chi connectivity index (χ2n) is 3.53. The van der Waals surface area contributed by atoms with Crippen LogP contribution in [0.4, 0.5) is 0 Å². The Bertz CT molecular complexity index is 285. The van der Waals surface area contributed by atoms with Crippen molar-refractivity contribution in [2.75, 3.05) is 18.1 Å². The molecule has 0 spiro atoms. The molecule has 2 rings (SSSR count). The highest BCUT2D eigenvalue weighted by Gasteiger charge is 2.17. The molecule has 84 valence electrons. The lowest BCUT2D eigenvalue weighted by Crippen LogP contribution is -2.07. The van der Waals surface area contributed by atoms with Gasteiger partial charge in [0.2, 0.25) is 0 Å². The van der Waals surface area contributed by atoms with E-state index >= 15 is 0 Å². The van der Waals surface area contributed by atoms with E-state index < -0.39 is 0 Å². The molecule has 0 aromatic carbocycles. The van der Waals surface area contributed by atoms with E-state index in [-0.39, 0.29) is 12.4 Å². The molecule has 1 saturated heterocycles. The molecule has 5 heteroatoms. The number of rotatable bonds is 3. The summed E-state index contributed by atoms with van der Waals surface area (Å²) in [5.41, 5.74) is 6.73. The molecule has 1 atom stereocenters. The fourth-order valence-corrected chi connectivity index (χ4v) is 2.89. The quantitative estimate of drug-likeness (QED) is 0.879. The Hall–Kier alpha value is -0.320. The summed E-state index contributed by atoms with van der Waals surface area (Å²) in [5.74, 6) is 4.03. The average molecular weight is 246 g/mol. The molecule has 2 heterocycles. The van der Waals surface area contributed by atoms with Crippen molar-refractivity contribution in [2.45, 2.75) is 18.8 Å². The van der Waals surface area contributed by atoms with Crippen LogP contribution in [0.5, 0.6) is 0 Å². The minimum absolute atomic E-state index is 0. The van der Waals surface area contributed by atoms with Crippen LogP contribution in [0.25, 0.3) is 0 Å². The third-order valence-corrected chi connectivity index (χ3v) is 3.66. The summed E-state index contributed by atoms with van der Waals surface area (Å²) >= 11 is 2.02. The van der Waals surface area contributed by atoms with Crippen LogP contribution in [0, 0.1) is 0 Å². The van der Waals surface area contributed by atoms with Gasteiger partial charge in [-0.05, 0) is 30.2 Å². The number of thioether (sulfide) groups is 1. The number of hydrogen-bond acceptors (Lipinski definition) is 4. The van der Waals surface area contributed by atoms with Crippen LogP contribution in [0.3, 0.4) is 0 Å². The number of hydrogen-bond donors (Lipinski definition) is 1. The molecule has 1 aliphatic heterocycles. The molecule has 2 N–H and O–H groups in total. The van der Waals surface area contributed by atoms with Crippen molar-refractivity contribution >= 4 is 24.2 Å². The Morgan fingerprint density at radius 3 is 2.67 bits per heavy atom. The van der Waals surface area contributed by atoms with Crippen molar-refractivity contribution in [1.29, 1.82) is 0 Å². The number of aromatic nitrogens is 2. The molecule has 3 nitrogen and oxygen atoms in total. The zero-order valence-electron chi connectivity index (χ0n) is 8.56. The fraction of sp³-hybridized carbons (Fsp3) is 0.600. The van der Waals surface area contributed by atoms with Crippen LogP contribution >= 0.6 is 24.2 Å². The summed E-state index contributed by atoms with van der Waals surface area (Å²) in [6, 6.07) is 0. The van der Waals surface area contributed by atoms with Crippen LogP contribution < -0.4 is 5.73 Å². The molecule has 0 radical (unpaired) electrons. The molecule has 1 fully saturated rings. The van der Waals surface area contributed by atoms with Gasteiger partial charge in [0.05, 0.1) is 0 Å². The first-order valence-electron chi connectivity index (χ1n) is 4.99. The third-order valence-electron chi connectivity index (χ3n) is 2.49. The Morgan fingerprint density at radius 2 is 2.13 bits per heavy atom. The van der Waals surface area contributed by atoms with Crippen molar-refractivity contribution in [2.24, 2.45) is 5.73 Å². The fourth-order valence-electron chi connectivity index (χ4n) is 1.63. The van der Waals surface area contributed by atoms with Crippen molar-refractivity contribution in [3.05, 3.63) is 23.8 Å². The summed E-state index contributed by atoms with van der Waals surface area (Å²) in [7, 11) is 0. The monoisotopic (exact) mass is 245 g/mol. The lowest BCUT2D eigenvalue weighted by molar-refractivity contribution is 0.758. The van der Waals surface area contributed by atoms with Gasteiger partial charge in [0.1, 0.15) is 5.82 Å². The number of nitrogens with zero attached hydrogens (tertiary/aromatic N) is 2. The van der Waals surface area contributed by atoms with E-state index in [2.05, 4.69) is 9.97 Å². The molecule has 1 aromatic heterocycles. The zero-order valence-corrected chi connectivity index (χ0v) is 10.2. The first kappa shape index (κ1) is 12.7. The van der Waals surface area contributed by atoms with E-state index in [1.54, 1.807) is 0 Å². The summed E-state index contributed by atoms with van der Waals surface area (Å²) < 4.78 is 0. The molecule has 1 unspecified atom stereocenters.